The molecule has 4 aromatic rings. The summed E-state index contributed by atoms with van der Waals surface area (Å²) in [5.74, 6) is 0.808. The number of phenols is 1. The molecule has 0 atom stereocenters. The van der Waals surface area contributed by atoms with E-state index in [1.807, 2.05) is 66.7 Å². The number of aromatic hydroxyl groups is 1. The third-order valence-corrected chi connectivity index (χ3v) is 4.47. The molecule has 0 bridgehead atoms. The summed E-state index contributed by atoms with van der Waals surface area (Å²) in [4.78, 5) is 13.6. The van der Waals surface area contributed by atoms with Crippen molar-refractivity contribution in [1.82, 2.24) is 9.97 Å². The molecule has 30 heavy (non-hydrogen) atoms. The Balaban J connectivity index is 1.63. The molecule has 1 aromatic heterocycles. The van der Waals surface area contributed by atoms with E-state index in [-0.39, 0.29) is 11.7 Å². The molecule has 0 aliphatic carbocycles. The maximum Gasteiger partial charge on any atom is 0.230 e. The van der Waals surface area contributed by atoms with Crippen LogP contribution in [0, 0.1) is 0 Å². The number of aliphatic imine (C=N–C) groups is 1. The summed E-state index contributed by atoms with van der Waals surface area (Å²) >= 11 is 0. The second-order valence-electron chi connectivity index (χ2n) is 6.69. The lowest BCUT2D eigenvalue weighted by molar-refractivity contribution is 0.475. The molecule has 6 heteroatoms. The molecule has 0 saturated heterocycles. The molecule has 0 fully saturated rings. The molecule has 6 nitrogen and oxygen atoms in total. The highest BCUT2D eigenvalue weighted by Gasteiger charge is 2.09. The molecule has 3 aromatic carbocycles. The van der Waals surface area contributed by atoms with Crippen LogP contribution >= 0.6 is 0 Å². The second kappa shape index (κ2) is 8.87. The van der Waals surface area contributed by atoms with E-state index in [1.54, 1.807) is 24.3 Å². The van der Waals surface area contributed by atoms with Gasteiger partial charge in [0.05, 0.1) is 17.9 Å². The largest absolute Gasteiger partial charge is 0.508 e. The minimum Gasteiger partial charge on any atom is -0.508 e. The van der Waals surface area contributed by atoms with Gasteiger partial charge < -0.3 is 10.8 Å². The topological polar surface area (TPSA) is 96.4 Å². The van der Waals surface area contributed by atoms with E-state index in [4.69, 9.17) is 5.73 Å². The lowest BCUT2D eigenvalue weighted by Crippen LogP contribution is -2.24. The number of rotatable bonds is 5. The van der Waals surface area contributed by atoms with Crippen LogP contribution in [0.4, 0.5) is 5.95 Å². The van der Waals surface area contributed by atoms with Gasteiger partial charge in [-0.05, 0) is 23.8 Å². The molecule has 0 spiro atoms. The van der Waals surface area contributed by atoms with E-state index in [0.29, 0.717) is 12.5 Å². The van der Waals surface area contributed by atoms with Gasteiger partial charge in [0.2, 0.25) is 5.95 Å². The molecular weight excluding hydrogens is 374 g/mol. The smallest absolute Gasteiger partial charge is 0.230 e. The fourth-order valence-corrected chi connectivity index (χ4v) is 2.95. The van der Waals surface area contributed by atoms with Gasteiger partial charge in [-0.25, -0.2) is 15.0 Å². The zero-order valence-electron chi connectivity index (χ0n) is 16.2. The summed E-state index contributed by atoms with van der Waals surface area (Å²) < 4.78 is 0. The van der Waals surface area contributed by atoms with Crippen LogP contribution in [-0.4, -0.2) is 21.0 Å². The predicted molar refractivity (Wildman–Crippen MR) is 120 cm³/mol. The van der Waals surface area contributed by atoms with Gasteiger partial charge in [0, 0.05) is 11.1 Å². The van der Waals surface area contributed by atoms with Gasteiger partial charge >= 0.3 is 0 Å². The van der Waals surface area contributed by atoms with Crippen LogP contribution < -0.4 is 11.1 Å². The first-order valence-corrected chi connectivity index (χ1v) is 9.52. The van der Waals surface area contributed by atoms with Gasteiger partial charge in [-0.15, -0.1) is 0 Å². The highest BCUT2D eigenvalue weighted by Crippen LogP contribution is 2.25. The number of aromatic nitrogens is 2. The van der Waals surface area contributed by atoms with Crippen molar-refractivity contribution in [1.29, 1.82) is 0 Å². The molecule has 0 radical (unpaired) electrons. The highest BCUT2D eigenvalue weighted by atomic mass is 16.3. The summed E-state index contributed by atoms with van der Waals surface area (Å²) in [6, 6.07) is 28.6. The number of hydrogen-bond acceptors (Lipinski definition) is 4. The number of anilines is 1. The SMILES string of the molecule is NC(=NCc1ccc(O)cc1)Nc1nc(-c2ccccc2)cc(-c2ccccc2)n1. The van der Waals surface area contributed by atoms with Gasteiger partial charge in [-0.3, -0.25) is 5.32 Å². The molecule has 0 aliphatic rings. The molecule has 0 saturated carbocycles. The lowest BCUT2D eigenvalue weighted by atomic mass is 10.1. The maximum absolute atomic E-state index is 9.38. The Morgan fingerprint density at radius 1 is 0.800 bits per heavy atom. The normalized spacial score (nSPS) is 11.3. The van der Waals surface area contributed by atoms with Crippen LogP contribution in [0.3, 0.4) is 0 Å². The Morgan fingerprint density at radius 2 is 1.33 bits per heavy atom. The highest BCUT2D eigenvalue weighted by molar-refractivity contribution is 5.91. The Bertz CT molecular complexity index is 1090. The fraction of sp³-hybridized carbons (Fsp3) is 0.0417. The molecule has 4 N–H and O–H groups in total. The number of nitrogens with one attached hydrogen (secondary N) is 1. The third kappa shape index (κ3) is 4.80. The average Bonchev–Trinajstić information content (AvgIpc) is 2.80. The van der Waals surface area contributed by atoms with Crippen LogP contribution in [0.15, 0.2) is 96.0 Å². The van der Waals surface area contributed by atoms with Crippen LogP contribution in [0.1, 0.15) is 5.56 Å². The molecule has 148 valence electrons. The van der Waals surface area contributed by atoms with Crippen molar-refractivity contribution in [2.75, 3.05) is 5.32 Å². The summed E-state index contributed by atoms with van der Waals surface area (Å²) in [6.07, 6.45) is 0. The summed E-state index contributed by atoms with van der Waals surface area (Å²) in [5, 5.41) is 12.4. The average molecular weight is 395 g/mol. The zero-order chi connectivity index (χ0) is 20.8. The Labute approximate surface area is 174 Å². The predicted octanol–water partition coefficient (Wildman–Crippen LogP) is 4.44. The van der Waals surface area contributed by atoms with Crippen molar-refractivity contribution in [3.63, 3.8) is 0 Å². The Hall–Kier alpha value is -4.19. The zero-order valence-corrected chi connectivity index (χ0v) is 16.2. The first-order valence-electron chi connectivity index (χ1n) is 9.52. The minimum absolute atomic E-state index is 0.215. The van der Waals surface area contributed by atoms with Gasteiger partial charge in [-0.1, -0.05) is 72.8 Å². The number of hydrogen-bond donors (Lipinski definition) is 3. The van der Waals surface area contributed by atoms with Gasteiger partial charge in [0.25, 0.3) is 0 Å². The third-order valence-electron chi connectivity index (χ3n) is 4.47. The van der Waals surface area contributed by atoms with Crippen molar-refractivity contribution in [2.24, 2.45) is 10.7 Å². The number of benzene rings is 3. The summed E-state index contributed by atoms with van der Waals surface area (Å²) in [6.45, 7) is 0.378. The van der Waals surface area contributed by atoms with Crippen molar-refractivity contribution >= 4 is 11.9 Å². The number of nitrogens with two attached hydrogens (primary N) is 1. The molecule has 4 rings (SSSR count). The van der Waals surface area contributed by atoms with E-state index >= 15 is 0 Å². The first-order chi connectivity index (χ1) is 14.7. The quantitative estimate of drug-likeness (QED) is 0.343. The maximum atomic E-state index is 9.38. The molecular formula is C24H21N5O. The minimum atomic E-state index is 0.215. The Kier molecular flexibility index (Phi) is 5.66. The van der Waals surface area contributed by atoms with E-state index < -0.39 is 0 Å². The summed E-state index contributed by atoms with van der Waals surface area (Å²) in [5.41, 5.74) is 10.6. The van der Waals surface area contributed by atoms with E-state index in [9.17, 15) is 5.11 Å². The standard InChI is InChI=1S/C24H21N5O/c25-23(26-16-17-11-13-20(30)14-12-17)29-24-27-21(18-7-3-1-4-8-18)15-22(28-24)19-9-5-2-6-10-19/h1-15,30H,16H2,(H3,25,26,27,28,29). The molecule has 0 aliphatic heterocycles. The van der Waals surface area contributed by atoms with Crippen LogP contribution in [0.2, 0.25) is 0 Å². The van der Waals surface area contributed by atoms with Gasteiger partial charge in [0.1, 0.15) is 5.75 Å². The molecule has 0 unspecified atom stereocenters. The lowest BCUT2D eigenvalue weighted by Gasteiger charge is -2.10. The fourth-order valence-electron chi connectivity index (χ4n) is 2.95. The number of phenolic OH excluding ortho intramolecular Hbond substituents is 1. The van der Waals surface area contributed by atoms with E-state index in [0.717, 1.165) is 28.1 Å². The van der Waals surface area contributed by atoms with Crippen molar-refractivity contribution in [3.8, 4) is 28.3 Å². The van der Waals surface area contributed by atoms with E-state index in [1.165, 1.54) is 0 Å². The number of nitrogens with zero attached hydrogens (tertiary/aromatic N) is 3. The Morgan fingerprint density at radius 3 is 1.87 bits per heavy atom. The molecule has 0 amide bonds. The number of guanidine groups is 1. The van der Waals surface area contributed by atoms with Crippen LogP contribution in [0.5, 0.6) is 5.75 Å². The monoisotopic (exact) mass is 395 g/mol. The second-order valence-corrected chi connectivity index (χ2v) is 6.69. The van der Waals surface area contributed by atoms with Crippen LogP contribution in [-0.2, 0) is 6.54 Å². The van der Waals surface area contributed by atoms with Crippen LogP contribution in [0.25, 0.3) is 22.5 Å². The van der Waals surface area contributed by atoms with Gasteiger partial charge in [0.15, 0.2) is 5.96 Å². The van der Waals surface area contributed by atoms with Gasteiger partial charge in [-0.2, -0.15) is 0 Å². The van der Waals surface area contributed by atoms with E-state index in [2.05, 4.69) is 20.3 Å². The van der Waals surface area contributed by atoms with Crippen molar-refractivity contribution in [3.05, 3.63) is 96.6 Å². The first kappa shape index (κ1) is 19.1. The van der Waals surface area contributed by atoms with Crippen molar-refractivity contribution in [2.45, 2.75) is 6.54 Å². The summed E-state index contributed by atoms with van der Waals surface area (Å²) in [7, 11) is 0. The van der Waals surface area contributed by atoms with Crippen molar-refractivity contribution < 1.29 is 5.11 Å². The molecule has 1 heterocycles.